The van der Waals surface area contributed by atoms with Crippen molar-refractivity contribution in [3.8, 4) is 0 Å². The zero-order valence-corrected chi connectivity index (χ0v) is 15.8. The summed E-state index contributed by atoms with van der Waals surface area (Å²) in [7, 11) is 1.68. The minimum absolute atomic E-state index is 0.640. The lowest BCUT2D eigenvalue weighted by Gasteiger charge is -2.02. The first-order chi connectivity index (χ1) is 11.1. The quantitative estimate of drug-likeness (QED) is 0.526. The van der Waals surface area contributed by atoms with E-state index in [1.165, 1.54) is 21.8 Å². The van der Waals surface area contributed by atoms with Crippen molar-refractivity contribution in [3.05, 3.63) is 16.3 Å². The van der Waals surface area contributed by atoms with E-state index in [0.717, 1.165) is 37.1 Å². The maximum atomic E-state index is 5.02. The van der Waals surface area contributed by atoms with Crippen LogP contribution in [-0.2, 0) is 4.74 Å². The normalized spacial score (nSPS) is 11.3. The van der Waals surface area contributed by atoms with Gasteiger partial charge in [0.15, 0.2) is 4.34 Å². The summed E-state index contributed by atoms with van der Waals surface area (Å²) in [5.41, 5.74) is 1.25. The second kappa shape index (κ2) is 7.08. The molecule has 0 aliphatic heterocycles. The highest BCUT2D eigenvalue weighted by atomic mass is 32.2. The van der Waals surface area contributed by atoms with Gasteiger partial charge in [-0.3, -0.25) is 0 Å². The van der Waals surface area contributed by atoms with E-state index >= 15 is 0 Å². The zero-order valence-electron chi connectivity index (χ0n) is 13.3. The summed E-state index contributed by atoms with van der Waals surface area (Å²) < 4.78 is 5.88. The van der Waals surface area contributed by atoms with Crippen LogP contribution in [0.25, 0.3) is 10.2 Å². The lowest BCUT2D eigenvalue weighted by Crippen LogP contribution is -2.06. The van der Waals surface area contributed by atoms with Crippen LogP contribution in [0.3, 0.4) is 0 Å². The number of hydrogen-bond acceptors (Lipinski definition) is 9. The second-order valence-electron chi connectivity index (χ2n) is 4.93. The third-order valence-corrected chi connectivity index (χ3v) is 6.30. The maximum absolute atomic E-state index is 5.02. The summed E-state index contributed by atoms with van der Waals surface area (Å²) in [5.74, 6) is 0.782. The summed E-state index contributed by atoms with van der Waals surface area (Å²) >= 11 is 4.78. The van der Waals surface area contributed by atoms with Crippen LogP contribution in [0, 0.1) is 20.8 Å². The molecule has 23 heavy (non-hydrogen) atoms. The molecule has 3 heterocycles. The molecule has 0 aliphatic carbocycles. The number of ether oxygens (including phenoxy) is 1. The molecule has 0 radical (unpaired) electrons. The maximum Gasteiger partial charge on any atom is 0.206 e. The summed E-state index contributed by atoms with van der Waals surface area (Å²) in [6, 6.07) is 0. The van der Waals surface area contributed by atoms with Gasteiger partial charge in [0.1, 0.15) is 15.7 Å². The molecule has 9 heteroatoms. The largest absolute Gasteiger partial charge is 0.383 e. The number of aromatic nitrogens is 4. The minimum atomic E-state index is 0.640. The lowest BCUT2D eigenvalue weighted by atomic mass is 10.2. The molecule has 0 bridgehead atoms. The standard InChI is InChI=1S/C14H17N5OS3/c1-7-8(2)21-11-10(7)12(17-9(3)16-11)22-14-19-18-13(23-14)15-5-6-20-4/h5-6H2,1-4H3,(H,15,18). The second-order valence-corrected chi connectivity index (χ2v) is 8.35. The fraction of sp³-hybridized carbons (Fsp3) is 0.429. The smallest absolute Gasteiger partial charge is 0.206 e. The van der Waals surface area contributed by atoms with Gasteiger partial charge in [-0.05, 0) is 38.1 Å². The number of nitrogens with zero attached hydrogens (tertiary/aromatic N) is 4. The number of nitrogens with one attached hydrogen (secondary N) is 1. The van der Waals surface area contributed by atoms with Crippen LogP contribution < -0.4 is 5.32 Å². The minimum Gasteiger partial charge on any atom is -0.383 e. The Morgan fingerprint density at radius 3 is 2.74 bits per heavy atom. The highest BCUT2D eigenvalue weighted by Crippen LogP contribution is 2.39. The van der Waals surface area contributed by atoms with Gasteiger partial charge in [-0.2, -0.15) is 0 Å². The predicted molar refractivity (Wildman–Crippen MR) is 96.0 cm³/mol. The van der Waals surface area contributed by atoms with E-state index < -0.39 is 0 Å². The topological polar surface area (TPSA) is 72.8 Å². The molecule has 3 aromatic heterocycles. The number of hydrogen-bond donors (Lipinski definition) is 1. The Morgan fingerprint density at radius 1 is 1.13 bits per heavy atom. The van der Waals surface area contributed by atoms with Gasteiger partial charge < -0.3 is 10.1 Å². The summed E-state index contributed by atoms with van der Waals surface area (Å²) in [5, 5.41) is 14.5. The Bertz CT molecular complexity index is 829. The van der Waals surface area contributed by atoms with E-state index in [-0.39, 0.29) is 0 Å². The van der Waals surface area contributed by atoms with Crippen molar-refractivity contribution >= 4 is 49.8 Å². The Kier molecular flexibility index (Phi) is 5.10. The van der Waals surface area contributed by atoms with Crippen LogP contribution in [0.5, 0.6) is 0 Å². The molecular weight excluding hydrogens is 350 g/mol. The number of rotatable bonds is 6. The van der Waals surface area contributed by atoms with Gasteiger partial charge in [0.05, 0.1) is 6.61 Å². The summed E-state index contributed by atoms with van der Waals surface area (Å²) in [4.78, 5) is 11.5. The van der Waals surface area contributed by atoms with Crippen LogP contribution >= 0.6 is 34.4 Å². The molecule has 0 saturated heterocycles. The average molecular weight is 368 g/mol. The van der Waals surface area contributed by atoms with Crippen molar-refractivity contribution in [2.24, 2.45) is 0 Å². The summed E-state index contributed by atoms with van der Waals surface area (Å²) in [6.07, 6.45) is 0. The SMILES string of the molecule is COCCNc1nnc(Sc2nc(C)nc3sc(C)c(C)c23)s1. The van der Waals surface area contributed by atoms with E-state index in [0.29, 0.717) is 6.61 Å². The number of fused-ring (bicyclic) bond motifs is 1. The highest BCUT2D eigenvalue weighted by molar-refractivity contribution is 8.01. The fourth-order valence-corrected chi connectivity index (χ4v) is 5.11. The van der Waals surface area contributed by atoms with Crippen LogP contribution in [-0.4, -0.2) is 40.4 Å². The molecule has 0 aliphatic rings. The molecular formula is C14H17N5OS3. The summed E-state index contributed by atoms with van der Waals surface area (Å²) in [6.45, 7) is 7.52. The van der Waals surface area contributed by atoms with Crippen LogP contribution in [0.1, 0.15) is 16.3 Å². The van der Waals surface area contributed by atoms with Gasteiger partial charge >= 0.3 is 0 Å². The Balaban J connectivity index is 1.86. The van der Waals surface area contributed by atoms with Gasteiger partial charge in [0, 0.05) is 23.9 Å². The first-order valence-corrected chi connectivity index (χ1v) is 9.52. The van der Waals surface area contributed by atoms with Crippen LogP contribution in [0.15, 0.2) is 9.37 Å². The number of methoxy groups -OCH3 is 1. The van der Waals surface area contributed by atoms with Gasteiger partial charge in [-0.1, -0.05) is 11.3 Å². The van der Waals surface area contributed by atoms with Gasteiger partial charge in [0.25, 0.3) is 0 Å². The van der Waals surface area contributed by atoms with Crippen molar-refractivity contribution in [1.29, 1.82) is 0 Å². The molecule has 1 N–H and O–H groups in total. The molecule has 3 rings (SSSR count). The fourth-order valence-electron chi connectivity index (χ4n) is 2.05. The van der Waals surface area contributed by atoms with Crippen molar-refractivity contribution in [3.63, 3.8) is 0 Å². The lowest BCUT2D eigenvalue weighted by molar-refractivity contribution is 0.211. The first kappa shape index (κ1) is 16.6. The third-order valence-electron chi connectivity index (χ3n) is 3.28. The molecule has 0 aromatic carbocycles. The molecule has 0 saturated carbocycles. The molecule has 6 nitrogen and oxygen atoms in total. The van der Waals surface area contributed by atoms with Crippen molar-refractivity contribution < 1.29 is 4.74 Å². The van der Waals surface area contributed by atoms with E-state index in [9.17, 15) is 0 Å². The van der Waals surface area contributed by atoms with Crippen LogP contribution in [0.2, 0.25) is 0 Å². The molecule has 0 unspecified atom stereocenters. The number of thiophene rings is 1. The van der Waals surface area contributed by atoms with Crippen molar-refractivity contribution in [2.75, 3.05) is 25.6 Å². The average Bonchev–Trinajstić information content (AvgIpc) is 3.05. The van der Waals surface area contributed by atoms with Gasteiger partial charge in [-0.15, -0.1) is 21.5 Å². The molecule has 0 atom stereocenters. The highest BCUT2D eigenvalue weighted by Gasteiger charge is 2.16. The van der Waals surface area contributed by atoms with E-state index in [1.54, 1.807) is 30.2 Å². The van der Waals surface area contributed by atoms with Crippen LogP contribution in [0.4, 0.5) is 5.13 Å². The first-order valence-electron chi connectivity index (χ1n) is 7.07. The molecule has 3 aromatic rings. The van der Waals surface area contributed by atoms with Gasteiger partial charge in [-0.25, -0.2) is 9.97 Å². The van der Waals surface area contributed by atoms with E-state index in [1.807, 2.05) is 6.92 Å². The van der Waals surface area contributed by atoms with Crippen molar-refractivity contribution in [2.45, 2.75) is 30.1 Å². The molecule has 0 amide bonds. The molecule has 122 valence electrons. The number of aryl methyl sites for hydroxylation is 3. The van der Waals surface area contributed by atoms with Crippen molar-refractivity contribution in [1.82, 2.24) is 20.2 Å². The van der Waals surface area contributed by atoms with E-state index in [2.05, 4.69) is 39.3 Å². The third kappa shape index (κ3) is 3.63. The Labute approximate surface area is 146 Å². The van der Waals surface area contributed by atoms with E-state index in [4.69, 9.17) is 4.74 Å². The monoisotopic (exact) mass is 367 g/mol. The van der Waals surface area contributed by atoms with Gasteiger partial charge in [0.2, 0.25) is 5.13 Å². The zero-order chi connectivity index (χ0) is 16.4. The Hall–Kier alpha value is -1.29. The Morgan fingerprint density at radius 2 is 1.96 bits per heavy atom. The molecule has 0 spiro atoms. The number of anilines is 1. The molecule has 0 fully saturated rings. The predicted octanol–water partition coefficient (Wildman–Crippen LogP) is 3.68.